The molecule has 0 spiro atoms. The molecule has 1 aliphatic rings. The summed E-state index contributed by atoms with van der Waals surface area (Å²) in [5, 5.41) is 12.1. The fourth-order valence-electron chi connectivity index (χ4n) is 3.65. The van der Waals surface area contributed by atoms with Crippen LogP contribution in [0.15, 0.2) is 42.5 Å². The molecule has 6 nitrogen and oxygen atoms in total. The quantitative estimate of drug-likeness (QED) is 0.562. The van der Waals surface area contributed by atoms with Crippen molar-refractivity contribution in [3.8, 4) is 5.75 Å². The van der Waals surface area contributed by atoms with E-state index >= 15 is 0 Å². The highest BCUT2D eigenvalue weighted by Crippen LogP contribution is 2.37. The topological polar surface area (TPSA) is 78.9 Å². The number of rotatable bonds is 6. The summed E-state index contributed by atoms with van der Waals surface area (Å²) in [5.41, 5.74) is -0.302. The Morgan fingerprint density at radius 1 is 1.15 bits per heavy atom. The highest BCUT2D eigenvalue weighted by Gasteiger charge is 2.36. The molecule has 1 fully saturated rings. The molecule has 11 heteroatoms. The molecule has 0 radical (unpaired) electrons. The standard InChI is InChI=1S/C22H21Cl2F3N2O4/c23-14-6-5-13(17(24)12-14)11-18(28-21(31)32)20(30)29-9-7-15(8-10-29)33-19-4-2-1-3-16(19)22(25,26)27/h1-6,12,15,18,28H,7-11H2,(H,31,32)/t18-/m1/s1. The van der Waals surface area contributed by atoms with Gasteiger partial charge in [0.2, 0.25) is 5.91 Å². The largest absolute Gasteiger partial charge is 0.490 e. The predicted octanol–water partition coefficient (Wildman–Crippen LogP) is 5.26. The molecule has 1 saturated heterocycles. The van der Waals surface area contributed by atoms with Crippen LogP contribution in [0.25, 0.3) is 0 Å². The summed E-state index contributed by atoms with van der Waals surface area (Å²) >= 11 is 12.0. The molecule has 2 aromatic rings. The second kappa shape index (κ2) is 10.5. The average Bonchev–Trinajstić information content (AvgIpc) is 2.74. The van der Waals surface area contributed by atoms with Gasteiger partial charge in [0.25, 0.3) is 0 Å². The average molecular weight is 505 g/mol. The van der Waals surface area contributed by atoms with Gasteiger partial charge < -0.3 is 20.1 Å². The van der Waals surface area contributed by atoms with Crippen molar-refractivity contribution in [2.24, 2.45) is 0 Å². The maximum absolute atomic E-state index is 13.2. The number of hydrogen-bond donors (Lipinski definition) is 2. The molecule has 2 amide bonds. The van der Waals surface area contributed by atoms with Gasteiger partial charge in [-0.3, -0.25) is 4.79 Å². The first kappa shape index (κ1) is 25.0. The Morgan fingerprint density at radius 3 is 2.42 bits per heavy atom. The fraction of sp³-hybridized carbons (Fsp3) is 0.364. The van der Waals surface area contributed by atoms with Crippen molar-refractivity contribution in [2.75, 3.05) is 13.1 Å². The number of likely N-dealkylation sites (tertiary alicyclic amines) is 1. The lowest BCUT2D eigenvalue weighted by Gasteiger charge is -2.34. The van der Waals surface area contributed by atoms with Gasteiger partial charge in [0.1, 0.15) is 17.9 Å². The third kappa shape index (κ3) is 6.68. The normalized spacial score (nSPS) is 15.7. The predicted molar refractivity (Wildman–Crippen MR) is 117 cm³/mol. The minimum atomic E-state index is -4.54. The van der Waals surface area contributed by atoms with E-state index in [-0.39, 0.29) is 25.3 Å². The van der Waals surface area contributed by atoms with E-state index in [1.165, 1.54) is 29.2 Å². The Balaban J connectivity index is 1.64. The first-order valence-corrected chi connectivity index (χ1v) is 10.8. The first-order chi connectivity index (χ1) is 15.5. The number of nitrogens with one attached hydrogen (secondary N) is 1. The van der Waals surface area contributed by atoms with Gasteiger partial charge in [-0.2, -0.15) is 13.2 Å². The number of carboxylic acid groups (broad SMARTS) is 1. The molecular formula is C22H21Cl2F3N2O4. The van der Waals surface area contributed by atoms with E-state index in [9.17, 15) is 27.9 Å². The zero-order valence-electron chi connectivity index (χ0n) is 17.2. The number of halogens is 5. The van der Waals surface area contributed by atoms with E-state index in [1.54, 1.807) is 12.1 Å². The second-order valence-corrected chi connectivity index (χ2v) is 8.42. The summed E-state index contributed by atoms with van der Waals surface area (Å²) in [7, 11) is 0. The number of nitrogens with zero attached hydrogens (tertiary/aromatic N) is 1. The monoisotopic (exact) mass is 504 g/mol. The molecule has 178 valence electrons. The SMILES string of the molecule is O=C(O)N[C@H](Cc1ccc(Cl)cc1Cl)C(=O)N1CCC(Oc2ccccc2C(F)(F)F)CC1. The Labute approximate surface area is 198 Å². The van der Waals surface area contributed by atoms with Gasteiger partial charge >= 0.3 is 12.3 Å². The summed E-state index contributed by atoms with van der Waals surface area (Å²) in [6.07, 6.45) is -5.77. The zero-order valence-corrected chi connectivity index (χ0v) is 18.8. The van der Waals surface area contributed by atoms with E-state index in [0.29, 0.717) is 28.5 Å². The summed E-state index contributed by atoms with van der Waals surface area (Å²) < 4.78 is 45.2. The van der Waals surface area contributed by atoms with E-state index in [2.05, 4.69) is 5.32 Å². The molecule has 33 heavy (non-hydrogen) atoms. The Bertz CT molecular complexity index is 1010. The molecular weight excluding hydrogens is 484 g/mol. The summed E-state index contributed by atoms with van der Waals surface area (Å²) in [4.78, 5) is 25.7. The van der Waals surface area contributed by atoms with Crippen LogP contribution >= 0.6 is 23.2 Å². The van der Waals surface area contributed by atoms with Crippen LogP contribution in [0.4, 0.5) is 18.0 Å². The molecule has 0 unspecified atom stereocenters. The van der Waals surface area contributed by atoms with Gasteiger partial charge in [-0.25, -0.2) is 4.79 Å². The van der Waals surface area contributed by atoms with Crippen LogP contribution in [-0.4, -0.2) is 47.2 Å². The fourth-order valence-corrected chi connectivity index (χ4v) is 4.14. The van der Waals surface area contributed by atoms with Gasteiger partial charge in [-0.15, -0.1) is 0 Å². The van der Waals surface area contributed by atoms with Crippen LogP contribution < -0.4 is 10.1 Å². The van der Waals surface area contributed by atoms with Crippen molar-refractivity contribution < 1.29 is 32.6 Å². The molecule has 3 rings (SSSR count). The number of carbonyl (C=O) groups is 2. The molecule has 0 aromatic heterocycles. The van der Waals surface area contributed by atoms with Gasteiger partial charge in [-0.05, 0) is 29.8 Å². The van der Waals surface area contributed by atoms with Crippen LogP contribution in [0, 0.1) is 0 Å². The molecule has 2 N–H and O–H groups in total. The minimum absolute atomic E-state index is 0.0243. The number of benzene rings is 2. The number of carbonyl (C=O) groups excluding carboxylic acids is 1. The van der Waals surface area contributed by atoms with Crippen molar-refractivity contribution in [1.82, 2.24) is 10.2 Å². The summed E-state index contributed by atoms with van der Waals surface area (Å²) in [6, 6.07) is 8.61. The van der Waals surface area contributed by atoms with Gasteiger partial charge in [0.05, 0.1) is 5.56 Å². The Kier molecular flexibility index (Phi) is 7.97. The molecule has 1 heterocycles. The van der Waals surface area contributed by atoms with Crippen molar-refractivity contribution in [2.45, 2.75) is 37.6 Å². The Hall–Kier alpha value is -2.65. The number of piperidine rings is 1. The third-order valence-corrected chi connectivity index (χ3v) is 5.86. The van der Waals surface area contributed by atoms with E-state index in [0.717, 1.165) is 6.07 Å². The lowest BCUT2D eigenvalue weighted by atomic mass is 10.0. The van der Waals surface area contributed by atoms with Crippen LogP contribution in [0.2, 0.25) is 10.0 Å². The van der Waals surface area contributed by atoms with E-state index in [4.69, 9.17) is 27.9 Å². The number of amides is 2. The number of ether oxygens (including phenoxy) is 1. The van der Waals surface area contributed by atoms with E-state index in [1.807, 2.05) is 0 Å². The van der Waals surface area contributed by atoms with E-state index < -0.39 is 35.9 Å². The number of alkyl halides is 3. The maximum atomic E-state index is 13.2. The van der Waals surface area contributed by atoms with Gasteiger partial charge in [0, 0.05) is 42.4 Å². The number of para-hydroxylation sites is 1. The number of hydrogen-bond acceptors (Lipinski definition) is 3. The van der Waals surface area contributed by atoms with Crippen molar-refractivity contribution >= 4 is 35.2 Å². The molecule has 0 bridgehead atoms. The van der Waals surface area contributed by atoms with Crippen LogP contribution in [0.1, 0.15) is 24.0 Å². The molecule has 0 saturated carbocycles. The van der Waals surface area contributed by atoms with Crippen LogP contribution in [0.3, 0.4) is 0 Å². The van der Waals surface area contributed by atoms with Crippen molar-refractivity contribution in [1.29, 1.82) is 0 Å². The molecule has 1 aliphatic heterocycles. The lowest BCUT2D eigenvalue weighted by molar-refractivity contribution is -0.139. The second-order valence-electron chi connectivity index (χ2n) is 7.58. The Morgan fingerprint density at radius 2 is 1.82 bits per heavy atom. The first-order valence-electron chi connectivity index (χ1n) is 10.1. The smallest absolute Gasteiger partial charge is 0.419 e. The highest BCUT2D eigenvalue weighted by molar-refractivity contribution is 6.35. The van der Waals surface area contributed by atoms with Gasteiger partial charge in [0.15, 0.2) is 0 Å². The summed E-state index contributed by atoms with van der Waals surface area (Å²) in [6.45, 7) is 0.424. The highest BCUT2D eigenvalue weighted by atomic mass is 35.5. The summed E-state index contributed by atoms with van der Waals surface area (Å²) in [5.74, 6) is -0.699. The van der Waals surface area contributed by atoms with Crippen molar-refractivity contribution in [3.63, 3.8) is 0 Å². The van der Waals surface area contributed by atoms with Crippen LogP contribution in [-0.2, 0) is 17.4 Å². The zero-order chi connectivity index (χ0) is 24.2. The maximum Gasteiger partial charge on any atom is 0.419 e. The molecule has 2 aromatic carbocycles. The molecule has 0 aliphatic carbocycles. The molecule has 1 atom stereocenters. The van der Waals surface area contributed by atoms with Crippen LogP contribution in [0.5, 0.6) is 5.75 Å². The van der Waals surface area contributed by atoms with Gasteiger partial charge in [-0.1, -0.05) is 41.4 Å². The lowest BCUT2D eigenvalue weighted by Crippen LogP contribution is -2.52. The minimum Gasteiger partial charge on any atom is -0.490 e. The van der Waals surface area contributed by atoms with Crippen molar-refractivity contribution in [3.05, 3.63) is 63.6 Å². The third-order valence-electron chi connectivity index (χ3n) is 5.27.